The Morgan fingerprint density at radius 1 is 1.16 bits per heavy atom. The van der Waals surface area contributed by atoms with E-state index in [1.807, 2.05) is 27.7 Å². The minimum Gasteiger partial charge on any atom is -0.343 e. The number of rotatable bonds is 3. The summed E-state index contributed by atoms with van der Waals surface area (Å²) in [6.07, 6.45) is -3.97. The van der Waals surface area contributed by atoms with E-state index in [0.717, 1.165) is 6.07 Å². The van der Waals surface area contributed by atoms with E-state index in [0.29, 0.717) is 17.3 Å². The van der Waals surface area contributed by atoms with Gasteiger partial charge in [0.25, 0.3) is 5.56 Å². The highest BCUT2D eigenvalue weighted by molar-refractivity contribution is 7.99. The highest BCUT2D eigenvalue weighted by atomic mass is 32.2. The monoisotopic (exact) mass is 463 g/mol. The summed E-state index contributed by atoms with van der Waals surface area (Å²) in [6, 6.07) is 5.13. The molecule has 1 aliphatic heterocycles. The molecule has 0 radical (unpaired) electrons. The predicted molar refractivity (Wildman–Crippen MR) is 118 cm³/mol. The minimum absolute atomic E-state index is 0.0432. The zero-order chi connectivity index (χ0) is 23.4. The Balaban J connectivity index is 2.00. The van der Waals surface area contributed by atoms with Crippen molar-refractivity contribution in [3.8, 4) is 0 Å². The molecule has 2 heterocycles. The normalized spacial score (nSPS) is 20.1. The topological polar surface area (TPSA) is 74.8 Å². The Hall–Kier alpha value is -2.55. The summed E-state index contributed by atoms with van der Waals surface area (Å²) < 4.78 is 41.7. The van der Waals surface area contributed by atoms with E-state index in [1.54, 1.807) is 0 Å². The molecule has 0 bridgehead atoms. The van der Waals surface area contributed by atoms with Gasteiger partial charge in [-0.15, -0.1) is 0 Å². The van der Waals surface area contributed by atoms with E-state index in [4.69, 9.17) is 0 Å². The van der Waals surface area contributed by atoms with Crippen molar-refractivity contribution in [2.75, 3.05) is 5.32 Å². The van der Waals surface area contributed by atoms with Gasteiger partial charge in [-0.05, 0) is 23.5 Å². The number of benzene rings is 1. The summed E-state index contributed by atoms with van der Waals surface area (Å²) in [7, 11) is 0. The van der Waals surface area contributed by atoms with Crippen LogP contribution >= 0.6 is 11.8 Å². The zero-order valence-electron chi connectivity index (χ0n) is 18.2. The van der Waals surface area contributed by atoms with Gasteiger partial charge in [-0.3, -0.25) is 9.59 Å². The number of nitrogens with zero attached hydrogens (tertiary/aromatic N) is 1. The van der Waals surface area contributed by atoms with Gasteiger partial charge in [-0.25, -0.2) is 4.98 Å². The molecule has 1 aromatic carbocycles. The number of aromatic nitrogens is 2. The lowest BCUT2D eigenvalue weighted by Crippen LogP contribution is -2.37. The van der Waals surface area contributed by atoms with Gasteiger partial charge in [0, 0.05) is 28.9 Å². The first kappa shape index (κ1) is 22.6. The molecule has 9 heteroatoms. The number of hydrogen-bond donors (Lipinski definition) is 2. The Morgan fingerprint density at radius 3 is 2.50 bits per heavy atom. The number of anilines is 1. The molecular formula is C23H24F3N3O2S. The van der Waals surface area contributed by atoms with Crippen LogP contribution in [0.4, 0.5) is 19.0 Å². The highest BCUT2D eigenvalue weighted by Crippen LogP contribution is 2.49. The molecule has 170 valence electrons. The first-order valence-electron chi connectivity index (χ1n) is 10.4. The predicted octanol–water partition coefficient (Wildman–Crippen LogP) is 5.49. The van der Waals surface area contributed by atoms with Crippen molar-refractivity contribution in [3.63, 3.8) is 0 Å². The van der Waals surface area contributed by atoms with Crippen LogP contribution in [0.25, 0.3) is 0 Å². The number of Topliss-reactive ketones (excluding diaryl/α,β-unsaturated/α-hetero) is 1. The third-order valence-electron chi connectivity index (χ3n) is 5.62. The van der Waals surface area contributed by atoms with Crippen LogP contribution in [-0.4, -0.2) is 21.0 Å². The van der Waals surface area contributed by atoms with Gasteiger partial charge < -0.3 is 10.3 Å². The number of allylic oxidation sites excluding steroid dienone is 2. The molecule has 0 fully saturated rings. The van der Waals surface area contributed by atoms with Crippen LogP contribution in [-0.2, 0) is 11.0 Å². The van der Waals surface area contributed by atoms with E-state index in [1.165, 1.54) is 30.0 Å². The zero-order valence-corrected chi connectivity index (χ0v) is 19.0. The molecule has 0 saturated heterocycles. The lowest BCUT2D eigenvalue weighted by atomic mass is 9.69. The van der Waals surface area contributed by atoms with Crippen LogP contribution in [0, 0.1) is 5.41 Å². The first-order valence-corrected chi connectivity index (χ1v) is 11.3. The second-order valence-corrected chi connectivity index (χ2v) is 10.8. The van der Waals surface area contributed by atoms with Crippen molar-refractivity contribution in [3.05, 3.63) is 62.6 Å². The van der Waals surface area contributed by atoms with Crippen molar-refractivity contribution in [1.29, 1.82) is 0 Å². The van der Waals surface area contributed by atoms with Gasteiger partial charge in [-0.1, -0.05) is 57.7 Å². The number of nitrogens with one attached hydrogen (secondary N) is 2. The molecule has 5 nitrogen and oxygen atoms in total. The number of carbonyl (C=O) groups is 1. The SMILES string of the molecule is CC(C)Sc1nc2c(c(=O)[nH]1)[C@H](c1ccccc1C(F)(F)F)C1=C(CC(C)(C)CC1=O)N2. The van der Waals surface area contributed by atoms with Crippen molar-refractivity contribution >= 4 is 23.4 Å². The van der Waals surface area contributed by atoms with Gasteiger partial charge in [0.15, 0.2) is 10.9 Å². The Labute approximate surface area is 187 Å². The minimum atomic E-state index is -4.63. The van der Waals surface area contributed by atoms with Crippen LogP contribution < -0.4 is 10.9 Å². The number of fused-ring (bicyclic) bond motifs is 1. The van der Waals surface area contributed by atoms with E-state index < -0.39 is 23.2 Å². The molecule has 32 heavy (non-hydrogen) atoms. The molecule has 0 unspecified atom stereocenters. The molecule has 2 aromatic rings. The summed E-state index contributed by atoms with van der Waals surface area (Å²) in [5.74, 6) is -1.18. The highest BCUT2D eigenvalue weighted by Gasteiger charge is 2.45. The Kier molecular flexibility index (Phi) is 5.51. The second kappa shape index (κ2) is 7.79. The maximum absolute atomic E-state index is 13.9. The van der Waals surface area contributed by atoms with Crippen molar-refractivity contribution in [1.82, 2.24) is 9.97 Å². The van der Waals surface area contributed by atoms with Gasteiger partial charge in [0.2, 0.25) is 0 Å². The lowest BCUT2D eigenvalue weighted by molar-refractivity contribution is -0.138. The van der Waals surface area contributed by atoms with Crippen LogP contribution in [0.1, 0.15) is 63.1 Å². The Morgan fingerprint density at radius 2 is 1.84 bits per heavy atom. The van der Waals surface area contributed by atoms with Crippen LogP contribution in [0.15, 0.2) is 45.5 Å². The number of halogens is 3. The van der Waals surface area contributed by atoms with E-state index >= 15 is 0 Å². The molecule has 1 aliphatic carbocycles. The third-order valence-corrected chi connectivity index (χ3v) is 6.51. The van der Waals surface area contributed by atoms with Crippen LogP contribution in [0.3, 0.4) is 0 Å². The largest absolute Gasteiger partial charge is 0.416 e. The molecule has 1 atom stereocenters. The number of ketones is 1. The molecule has 2 N–H and O–H groups in total. The lowest BCUT2D eigenvalue weighted by Gasteiger charge is -2.39. The molecular weight excluding hydrogens is 439 g/mol. The smallest absolute Gasteiger partial charge is 0.343 e. The van der Waals surface area contributed by atoms with Crippen LogP contribution in [0.5, 0.6) is 0 Å². The molecule has 4 rings (SSSR count). The number of alkyl halides is 3. The van der Waals surface area contributed by atoms with Gasteiger partial charge in [0.1, 0.15) is 5.82 Å². The fourth-order valence-corrected chi connectivity index (χ4v) is 5.23. The quantitative estimate of drug-likeness (QED) is 0.465. The maximum atomic E-state index is 13.9. The van der Waals surface area contributed by atoms with Gasteiger partial charge in [0.05, 0.1) is 11.1 Å². The number of hydrogen-bond acceptors (Lipinski definition) is 5. The summed E-state index contributed by atoms with van der Waals surface area (Å²) in [5.41, 5.74) is -1.06. The fraction of sp³-hybridized carbons (Fsp3) is 0.435. The molecule has 1 aromatic heterocycles. The van der Waals surface area contributed by atoms with E-state index in [2.05, 4.69) is 15.3 Å². The summed E-state index contributed by atoms with van der Waals surface area (Å²) in [4.78, 5) is 33.6. The fourth-order valence-electron chi connectivity index (χ4n) is 4.49. The average Bonchev–Trinajstić information content (AvgIpc) is 2.64. The maximum Gasteiger partial charge on any atom is 0.416 e. The average molecular weight is 464 g/mol. The molecule has 2 aliphatic rings. The standard InChI is InChI=1S/C23H24F3N3O2S/c1-11(2)32-21-28-19-18(20(31)29-21)16(12-7-5-6-8-13(12)23(24,25)26)17-14(27-19)9-22(3,4)10-15(17)30/h5-8,11,16H,9-10H2,1-4H3,(H2,27,28,29,31)/t16-/m1/s1. The van der Waals surface area contributed by atoms with Crippen molar-refractivity contribution in [2.45, 2.75) is 63.0 Å². The van der Waals surface area contributed by atoms with Crippen molar-refractivity contribution in [2.24, 2.45) is 5.41 Å². The molecule has 0 saturated carbocycles. The van der Waals surface area contributed by atoms with Gasteiger partial charge >= 0.3 is 6.18 Å². The molecule has 0 spiro atoms. The number of thioether (sulfide) groups is 1. The van der Waals surface area contributed by atoms with E-state index in [-0.39, 0.29) is 45.4 Å². The number of aromatic amines is 1. The third kappa shape index (κ3) is 4.10. The molecule has 0 amide bonds. The van der Waals surface area contributed by atoms with Crippen molar-refractivity contribution < 1.29 is 18.0 Å². The van der Waals surface area contributed by atoms with Crippen LogP contribution in [0.2, 0.25) is 0 Å². The van der Waals surface area contributed by atoms with E-state index in [9.17, 15) is 22.8 Å². The number of H-pyrrole nitrogens is 1. The first-order chi connectivity index (χ1) is 14.9. The summed E-state index contributed by atoms with van der Waals surface area (Å²) in [6.45, 7) is 7.78. The summed E-state index contributed by atoms with van der Waals surface area (Å²) >= 11 is 1.35. The Bertz CT molecular complexity index is 1180. The number of carbonyl (C=O) groups excluding carboxylic acids is 1. The second-order valence-electron chi connectivity index (χ2n) is 9.28. The van der Waals surface area contributed by atoms with Gasteiger partial charge in [-0.2, -0.15) is 13.2 Å². The summed E-state index contributed by atoms with van der Waals surface area (Å²) in [5, 5.41) is 3.65.